The highest BCUT2D eigenvalue weighted by molar-refractivity contribution is 7.99. The Bertz CT molecular complexity index is 1430. The van der Waals surface area contributed by atoms with E-state index < -0.39 is 11.4 Å². The zero-order valence-electron chi connectivity index (χ0n) is 23.9. The topological polar surface area (TPSA) is 95.6 Å². The summed E-state index contributed by atoms with van der Waals surface area (Å²) in [5, 5.41) is 3.56. The number of carbonyl (C=O) groups is 2. The maximum Gasteiger partial charge on any atom is 0.256 e. The van der Waals surface area contributed by atoms with Crippen LogP contribution in [0.15, 0.2) is 48.5 Å². The number of hydrogen-bond acceptors (Lipinski definition) is 8. The monoisotopic (exact) mass is 634 g/mol. The van der Waals surface area contributed by atoms with Crippen molar-refractivity contribution < 1.29 is 33.3 Å². The molecule has 2 unspecified atom stereocenters. The highest BCUT2D eigenvalue weighted by Gasteiger charge is 2.43. The minimum absolute atomic E-state index is 0.281. The van der Waals surface area contributed by atoms with Crippen LogP contribution in [-0.4, -0.2) is 70.6 Å². The fourth-order valence-electron chi connectivity index (χ4n) is 4.74. The van der Waals surface area contributed by atoms with Gasteiger partial charge in [0.15, 0.2) is 23.0 Å². The number of thioether (sulfide) groups is 1. The van der Waals surface area contributed by atoms with Gasteiger partial charge in [-0.05, 0) is 53.9 Å². The fourth-order valence-corrected chi connectivity index (χ4v) is 6.66. The number of carbonyl (C=O) groups excluding carboxylic acids is 2. The van der Waals surface area contributed by atoms with Crippen LogP contribution in [0.3, 0.4) is 0 Å². The Morgan fingerprint density at radius 3 is 2.12 bits per heavy atom. The van der Waals surface area contributed by atoms with Crippen molar-refractivity contribution in [1.82, 2.24) is 10.2 Å². The van der Waals surface area contributed by atoms with Crippen LogP contribution >= 0.6 is 35.0 Å². The van der Waals surface area contributed by atoms with Gasteiger partial charge in [0.1, 0.15) is 11.4 Å². The Labute approximate surface area is 259 Å². The molecule has 0 radical (unpaired) electrons. The second-order valence-corrected chi connectivity index (χ2v) is 11.2. The first-order valence-electron chi connectivity index (χ1n) is 12.9. The maximum atomic E-state index is 14.2. The van der Waals surface area contributed by atoms with Gasteiger partial charge < -0.3 is 33.9 Å². The third kappa shape index (κ3) is 6.61. The molecule has 2 atom stereocenters. The molecular formula is C30H32Cl2N2O7S. The Balaban J connectivity index is 1.66. The van der Waals surface area contributed by atoms with E-state index in [2.05, 4.69) is 5.32 Å². The van der Waals surface area contributed by atoms with E-state index in [4.69, 9.17) is 46.9 Å². The molecule has 0 aromatic heterocycles. The minimum atomic E-state index is -0.764. The molecule has 224 valence electrons. The molecule has 3 aromatic carbocycles. The molecule has 12 heteroatoms. The molecule has 9 nitrogen and oxygen atoms in total. The third-order valence-corrected chi connectivity index (χ3v) is 8.76. The highest BCUT2D eigenvalue weighted by atomic mass is 35.5. The van der Waals surface area contributed by atoms with Crippen molar-refractivity contribution in [3.63, 3.8) is 0 Å². The van der Waals surface area contributed by atoms with Crippen molar-refractivity contribution in [3.8, 4) is 28.7 Å². The van der Waals surface area contributed by atoms with Gasteiger partial charge >= 0.3 is 0 Å². The smallest absolute Gasteiger partial charge is 0.256 e. The van der Waals surface area contributed by atoms with Crippen molar-refractivity contribution in [2.75, 3.05) is 47.8 Å². The summed E-state index contributed by atoms with van der Waals surface area (Å²) in [4.78, 5) is 29.4. The molecule has 0 spiro atoms. The van der Waals surface area contributed by atoms with Crippen molar-refractivity contribution in [2.24, 2.45) is 0 Å². The lowest BCUT2D eigenvalue weighted by atomic mass is 10.1. The zero-order valence-corrected chi connectivity index (χ0v) is 26.2. The summed E-state index contributed by atoms with van der Waals surface area (Å²) in [6.07, 6.45) is 0.502. The van der Waals surface area contributed by atoms with Crippen LogP contribution in [0.5, 0.6) is 28.7 Å². The molecule has 1 N–H and O–H groups in total. The lowest BCUT2D eigenvalue weighted by Crippen LogP contribution is -2.48. The van der Waals surface area contributed by atoms with E-state index in [0.717, 1.165) is 11.1 Å². The van der Waals surface area contributed by atoms with Gasteiger partial charge in [-0.2, -0.15) is 0 Å². The molecule has 0 bridgehead atoms. The first kappa shape index (κ1) is 31.5. The van der Waals surface area contributed by atoms with Gasteiger partial charge in [0.25, 0.3) is 5.91 Å². The average Bonchev–Trinajstić information content (AvgIpc) is 3.45. The van der Waals surface area contributed by atoms with Gasteiger partial charge in [-0.15, -0.1) is 11.8 Å². The van der Waals surface area contributed by atoms with Crippen LogP contribution in [0.4, 0.5) is 0 Å². The van der Waals surface area contributed by atoms with E-state index in [0.29, 0.717) is 57.5 Å². The third-order valence-electron chi connectivity index (χ3n) is 6.85. The normalized spacial score (nSPS) is 16.1. The summed E-state index contributed by atoms with van der Waals surface area (Å²) in [5.41, 5.74) is 1.92. The van der Waals surface area contributed by atoms with Gasteiger partial charge in [0.2, 0.25) is 11.7 Å². The minimum Gasteiger partial charge on any atom is -0.493 e. The van der Waals surface area contributed by atoms with Crippen LogP contribution in [0.2, 0.25) is 10.0 Å². The maximum absolute atomic E-state index is 14.2. The summed E-state index contributed by atoms with van der Waals surface area (Å²) in [6, 6.07) is 13.1. The van der Waals surface area contributed by atoms with E-state index in [1.54, 1.807) is 49.5 Å². The number of benzene rings is 3. The first-order valence-corrected chi connectivity index (χ1v) is 14.7. The lowest BCUT2D eigenvalue weighted by Gasteiger charge is -2.30. The van der Waals surface area contributed by atoms with Crippen molar-refractivity contribution in [2.45, 2.75) is 17.8 Å². The molecule has 1 aliphatic rings. The largest absolute Gasteiger partial charge is 0.493 e. The standard InChI is InChI=1S/C30H32Cl2N2O7S/c1-37-23-9-7-18(12-24(23)38-2)30-34(29(36)19-13-25(39-3)27(41-5)26(14-19)40-4)22(16-42-30)28(35)33-11-10-17-6-8-20(31)15-21(17)32/h6-9,12-15,22,30H,10-11,16H2,1-5H3,(H,33,35). The van der Waals surface area contributed by atoms with Crippen LogP contribution in [0.25, 0.3) is 0 Å². The summed E-state index contributed by atoms with van der Waals surface area (Å²) in [5.74, 6) is 1.81. The molecule has 1 aliphatic heterocycles. The van der Waals surface area contributed by atoms with E-state index in [-0.39, 0.29) is 17.4 Å². The van der Waals surface area contributed by atoms with E-state index >= 15 is 0 Å². The summed E-state index contributed by atoms with van der Waals surface area (Å²) in [6.45, 7) is 0.328. The average molecular weight is 636 g/mol. The molecule has 3 aromatic rings. The van der Waals surface area contributed by atoms with E-state index in [1.807, 2.05) is 18.2 Å². The second kappa shape index (κ2) is 14.1. The Hall–Kier alpha value is -3.47. The molecule has 2 amide bonds. The quantitative estimate of drug-likeness (QED) is 0.289. The van der Waals surface area contributed by atoms with Crippen molar-refractivity contribution >= 4 is 46.8 Å². The molecular weight excluding hydrogens is 603 g/mol. The van der Waals surface area contributed by atoms with Gasteiger partial charge in [0.05, 0.1) is 35.5 Å². The fraction of sp³-hybridized carbons (Fsp3) is 0.333. The Kier molecular flexibility index (Phi) is 10.6. The van der Waals surface area contributed by atoms with Gasteiger partial charge in [0, 0.05) is 27.9 Å². The number of nitrogens with zero attached hydrogens (tertiary/aromatic N) is 1. The van der Waals surface area contributed by atoms with Crippen molar-refractivity contribution in [3.05, 3.63) is 75.3 Å². The van der Waals surface area contributed by atoms with Gasteiger partial charge in [-0.25, -0.2) is 0 Å². The molecule has 1 saturated heterocycles. The van der Waals surface area contributed by atoms with E-state index in [1.165, 1.54) is 33.1 Å². The molecule has 0 saturated carbocycles. The Morgan fingerprint density at radius 1 is 0.857 bits per heavy atom. The van der Waals surface area contributed by atoms with Crippen LogP contribution in [-0.2, 0) is 11.2 Å². The summed E-state index contributed by atoms with van der Waals surface area (Å²) in [7, 11) is 7.55. The number of amides is 2. The van der Waals surface area contributed by atoms with Gasteiger partial charge in [-0.1, -0.05) is 35.3 Å². The summed E-state index contributed by atoms with van der Waals surface area (Å²) < 4.78 is 27.3. The number of nitrogens with one attached hydrogen (secondary N) is 1. The number of ether oxygens (including phenoxy) is 5. The number of rotatable bonds is 11. The van der Waals surface area contributed by atoms with Crippen LogP contribution in [0, 0.1) is 0 Å². The SMILES string of the molecule is COc1ccc(C2SCC(C(=O)NCCc3ccc(Cl)cc3Cl)N2C(=O)c2cc(OC)c(OC)c(OC)c2)cc1OC. The second-order valence-electron chi connectivity index (χ2n) is 9.22. The summed E-state index contributed by atoms with van der Waals surface area (Å²) >= 11 is 13.8. The highest BCUT2D eigenvalue weighted by Crippen LogP contribution is 2.46. The number of methoxy groups -OCH3 is 5. The van der Waals surface area contributed by atoms with Crippen LogP contribution in [0.1, 0.15) is 26.9 Å². The molecule has 42 heavy (non-hydrogen) atoms. The predicted octanol–water partition coefficient (Wildman–Crippen LogP) is 5.65. The van der Waals surface area contributed by atoms with Crippen molar-refractivity contribution in [1.29, 1.82) is 0 Å². The molecule has 0 aliphatic carbocycles. The molecule has 4 rings (SSSR count). The van der Waals surface area contributed by atoms with Crippen LogP contribution < -0.4 is 29.0 Å². The number of halogens is 2. The van der Waals surface area contributed by atoms with E-state index in [9.17, 15) is 9.59 Å². The first-order chi connectivity index (χ1) is 20.3. The van der Waals surface area contributed by atoms with Gasteiger partial charge in [-0.3, -0.25) is 9.59 Å². The molecule has 1 fully saturated rings. The zero-order chi connectivity index (χ0) is 30.4. The lowest BCUT2D eigenvalue weighted by molar-refractivity contribution is -0.124. The molecule has 1 heterocycles. The predicted molar refractivity (Wildman–Crippen MR) is 164 cm³/mol. The Morgan fingerprint density at radius 2 is 1.52 bits per heavy atom. The number of hydrogen-bond donors (Lipinski definition) is 1.